The van der Waals surface area contributed by atoms with Crippen molar-refractivity contribution in [1.82, 2.24) is 5.32 Å². The highest BCUT2D eigenvalue weighted by molar-refractivity contribution is 7.92. The molecular formula is C20H26N2O4S. The molecule has 0 spiro atoms. The fourth-order valence-corrected chi connectivity index (χ4v) is 4.00. The van der Waals surface area contributed by atoms with Crippen LogP contribution in [0.1, 0.15) is 18.9 Å². The van der Waals surface area contributed by atoms with Gasteiger partial charge in [-0.2, -0.15) is 0 Å². The van der Waals surface area contributed by atoms with Gasteiger partial charge in [-0.15, -0.1) is 0 Å². The van der Waals surface area contributed by atoms with Crippen molar-refractivity contribution in [3.8, 4) is 5.75 Å². The molecule has 6 nitrogen and oxygen atoms in total. The van der Waals surface area contributed by atoms with Crippen LogP contribution in [0.2, 0.25) is 0 Å². The van der Waals surface area contributed by atoms with E-state index in [0.717, 1.165) is 34.7 Å². The van der Waals surface area contributed by atoms with Gasteiger partial charge in [0.15, 0.2) is 0 Å². The Morgan fingerprint density at radius 2 is 1.74 bits per heavy atom. The first kappa shape index (κ1) is 20.8. The number of methoxy groups -OCH3 is 1. The van der Waals surface area contributed by atoms with Crippen molar-refractivity contribution in [3.63, 3.8) is 0 Å². The van der Waals surface area contributed by atoms with Crippen molar-refractivity contribution in [3.05, 3.63) is 60.2 Å². The summed E-state index contributed by atoms with van der Waals surface area (Å²) in [7, 11) is -1.96. The lowest BCUT2D eigenvalue weighted by atomic mass is 10.1. The molecule has 0 bridgehead atoms. The Morgan fingerprint density at radius 3 is 2.30 bits per heavy atom. The summed E-state index contributed by atoms with van der Waals surface area (Å²) in [5, 5.41) is 2.83. The molecule has 7 heteroatoms. The molecule has 0 fully saturated rings. The number of hydrogen-bond acceptors (Lipinski definition) is 4. The summed E-state index contributed by atoms with van der Waals surface area (Å²) in [5.74, 6) is 0.488. The van der Waals surface area contributed by atoms with E-state index in [-0.39, 0.29) is 5.91 Å². The average molecular weight is 391 g/mol. The standard InChI is InChI=1S/C20H26N2O4S/c1-16(22(27(3,24)25)18-9-5-4-6-10-18)20(23)21-15-7-8-17-11-13-19(26-2)14-12-17/h4-6,9-14,16H,7-8,15H2,1-3H3,(H,21,23)/t16-/m0/s1. The zero-order valence-electron chi connectivity index (χ0n) is 15.9. The third-order valence-electron chi connectivity index (χ3n) is 4.20. The molecule has 0 saturated carbocycles. The lowest BCUT2D eigenvalue weighted by Crippen LogP contribution is -2.48. The Balaban J connectivity index is 1.91. The van der Waals surface area contributed by atoms with Crippen molar-refractivity contribution in [2.45, 2.75) is 25.8 Å². The van der Waals surface area contributed by atoms with Gasteiger partial charge in [-0.05, 0) is 49.6 Å². The Hall–Kier alpha value is -2.54. The summed E-state index contributed by atoms with van der Waals surface area (Å²) in [6.07, 6.45) is 2.68. The number of ether oxygens (including phenoxy) is 1. The minimum absolute atomic E-state index is 0.320. The van der Waals surface area contributed by atoms with Crippen LogP contribution in [0.5, 0.6) is 5.75 Å². The number of para-hydroxylation sites is 1. The second-order valence-electron chi connectivity index (χ2n) is 6.31. The molecule has 0 saturated heterocycles. The van der Waals surface area contributed by atoms with Gasteiger partial charge >= 0.3 is 0 Å². The van der Waals surface area contributed by atoms with E-state index in [1.54, 1.807) is 44.4 Å². The molecule has 1 amide bonds. The van der Waals surface area contributed by atoms with Crippen LogP contribution in [0.25, 0.3) is 0 Å². The van der Waals surface area contributed by atoms with Crippen LogP contribution in [0.15, 0.2) is 54.6 Å². The van der Waals surface area contributed by atoms with Gasteiger partial charge < -0.3 is 10.1 Å². The molecule has 0 aliphatic heterocycles. The number of carbonyl (C=O) groups is 1. The van der Waals surface area contributed by atoms with Gasteiger partial charge in [0.2, 0.25) is 15.9 Å². The second kappa shape index (κ2) is 9.41. The average Bonchev–Trinajstić information content (AvgIpc) is 2.65. The zero-order chi connectivity index (χ0) is 19.9. The molecular weight excluding hydrogens is 364 g/mol. The molecule has 1 N–H and O–H groups in total. The summed E-state index contributed by atoms with van der Waals surface area (Å²) in [4.78, 5) is 12.5. The van der Waals surface area contributed by atoms with Gasteiger partial charge in [0, 0.05) is 6.54 Å². The number of benzene rings is 2. The Labute approximate surface area is 161 Å². The van der Waals surface area contributed by atoms with Gasteiger partial charge in [-0.25, -0.2) is 8.42 Å². The van der Waals surface area contributed by atoms with Gasteiger partial charge in [0.1, 0.15) is 11.8 Å². The monoisotopic (exact) mass is 390 g/mol. The van der Waals surface area contributed by atoms with E-state index in [1.165, 1.54) is 0 Å². The number of sulfonamides is 1. The predicted molar refractivity (Wildman–Crippen MR) is 108 cm³/mol. The third-order valence-corrected chi connectivity index (χ3v) is 5.44. The molecule has 2 aromatic carbocycles. The topological polar surface area (TPSA) is 75.7 Å². The summed E-state index contributed by atoms with van der Waals surface area (Å²) in [5.41, 5.74) is 1.63. The highest BCUT2D eigenvalue weighted by Gasteiger charge is 2.28. The summed E-state index contributed by atoms with van der Waals surface area (Å²) in [6, 6.07) is 15.6. The van der Waals surface area contributed by atoms with Crippen molar-refractivity contribution in [2.75, 3.05) is 24.2 Å². The minimum Gasteiger partial charge on any atom is -0.497 e. The highest BCUT2D eigenvalue weighted by atomic mass is 32.2. The molecule has 2 rings (SSSR count). The predicted octanol–water partition coefficient (Wildman–Crippen LogP) is 2.60. The lowest BCUT2D eigenvalue weighted by molar-refractivity contribution is -0.121. The molecule has 2 aromatic rings. The fourth-order valence-electron chi connectivity index (χ4n) is 2.83. The normalized spacial score (nSPS) is 12.3. The first-order valence-electron chi connectivity index (χ1n) is 8.78. The lowest BCUT2D eigenvalue weighted by Gasteiger charge is -2.28. The number of nitrogens with zero attached hydrogens (tertiary/aromatic N) is 1. The first-order valence-corrected chi connectivity index (χ1v) is 10.6. The maximum absolute atomic E-state index is 12.5. The molecule has 0 unspecified atom stereocenters. The summed E-state index contributed by atoms with van der Waals surface area (Å²) in [6.45, 7) is 2.06. The van der Waals surface area contributed by atoms with E-state index in [1.807, 2.05) is 24.3 Å². The van der Waals surface area contributed by atoms with Gasteiger partial charge in [-0.3, -0.25) is 9.10 Å². The number of anilines is 1. The number of hydrogen-bond donors (Lipinski definition) is 1. The van der Waals surface area contributed by atoms with Crippen LogP contribution in [-0.2, 0) is 21.2 Å². The third kappa shape index (κ3) is 5.99. The molecule has 0 aliphatic carbocycles. The Bertz CT molecular complexity index is 836. The zero-order valence-corrected chi connectivity index (χ0v) is 16.7. The van der Waals surface area contributed by atoms with E-state index in [9.17, 15) is 13.2 Å². The maximum Gasteiger partial charge on any atom is 0.243 e. The van der Waals surface area contributed by atoms with Crippen LogP contribution in [-0.4, -0.2) is 40.3 Å². The minimum atomic E-state index is -3.58. The molecule has 0 radical (unpaired) electrons. The van der Waals surface area contributed by atoms with E-state index >= 15 is 0 Å². The van der Waals surface area contributed by atoms with E-state index in [2.05, 4.69) is 5.32 Å². The van der Waals surface area contributed by atoms with E-state index < -0.39 is 16.1 Å². The number of amides is 1. The van der Waals surface area contributed by atoms with Gasteiger partial charge in [-0.1, -0.05) is 30.3 Å². The number of nitrogens with one attached hydrogen (secondary N) is 1. The van der Waals surface area contributed by atoms with Gasteiger partial charge in [0.05, 0.1) is 19.1 Å². The van der Waals surface area contributed by atoms with Crippen molar-refractivity contribution < 1.29 is 17.9 Å². The summed E-state index contributed by atoms with van der Waals surface area (Å²) >= 11 is 0. The number of aryl methyl sites for hydroxylation is 1. The van der Waals surface area contributed by atoms with E-state index in [4.69, 9.17) is 4.74 Å². The van der Waals surface area contributed by atoms with Crippen molar-refractivity contribution in [1.29, 1.82) is 0 Å². The van der Waals surface area contributed by atoms with Crippen LogP contribution >= 0.6 is 0 Å². The van der Waals surface area contributed by atoms with Gasteiger partial charge in [0.25, 0.3) is 0 Å². The first-order chi connectivity index (χ1) is 12.8. The number of rotatable bonds is 9. The number of carbonyl (C=O) groups excluding carboxylic acids is 1. The molecule has 27 heavy (non-hydrogen) atoms. The van der Waals surface area contributed by atoms with Crippen LogP contribution < -0.4 is 14.4 Å². The molecule has 0 aliphatic rings. The second-order valence-corrected chi connectivity index (χ2v) is 8.17. The molecule has 0 aromatic heterocycles. The molecule has 0 heterocycles. The maximum atomic E-state index is 12.5. The van der Waals surface area contributed by atoms with Crippen LogP contribution in [0, 0.1) is 0 Å². The Kier molecular flexibility index (Phi) is 7.24. The highest BCUT2D eigenvalue weighted by Crippen LogP contribution is 2.20. The smallest absolute Gasteiger partial charge is 0.243 e. The van der Waals surface area contributed by atoms with Crippen LogP contribution in [0.3, 0.4) is 0 Å². The fraction of sp³-hybridized carbons (Fsp3) is 0.350. The molecule has 146 valence electrons. The van der Waals surface area contributed by atoms with E-state index in [0.29, 0.717) is 12.2 Å². The van der Waals surface area contributed by atoms with Crippen molar-refractivity contribution in [2.24, 2.45) is 0 Å². The molecule has 1 atom stereocenters. The quantitative estimate of drug-likeness (QED) is 0.668. The largest absolute Gasteiger partial charge is 0.497 e. The SMILES string of the molecule is COc1ccc(CCCNC(=O)[C@H](C)N(c2ccccc2)S(C)(=O)=O)cc1. The van der Waals surface area contributed by atoms with Crippen molar-refractivity contribution >= 4 is 21.6 Å². The Morgan fingerprint density at radius 1 is 1.11 bits per heavy atom. The van der Waals surface area contributed by atoms with Crippen LogP contribution in [0.4, 0.5) is 5.69 Å². The summed E-state index contributed by atoms with van der Waals surface area (Å²) < 4.78 is 30.6.